The zero-order valence-corrected chi connectivity index (χ0v) is 16.5. The average Bonchev–Trinajstić information content (AvgIpc) is 3.42. The first-order valence-electron chi connectivity index (χ1n) is 9.09. The van der Waals surface area contributed by atoms with E-state index >= 15 is 0 Å². The second-order valence-electron chi connectivity index (χ2n) is 6.61. The maximum atomic E-state index is 5.74. The molecule has 140 valence electrons. The summed E-state index contributed by atoms with van der Waals surface area (Å²) in [4.78, 5) is 14.4. The normalized spacial score (nSPS) is 14.3. The summed E-state index contributed by atoms with van der Waals surface area (Å²) in [7, 11) is 1.78. The van der Waals surface area contributed by atoms with Crippen LogP contribution in [0.5, 0.6) is 5.88 Å². The van der Waals surface area contributed by atoms with Gasteiger partial charge in [0, 0.05) is 43.7 Å². The summed E-state index contributed by atoms with van der Waals surface area (Å²) >= 11 is 1.76. The van der Waals surface area contributed by atoms with E-state index < -0.39 is 0 Å². The molecule has 1 saturated carbocycles. The van der Waals surface area contributed by atoms with Gasteiger partial charge in [-0.05, 0) is 44.2 Å². The van der Waals surface area contributed by atoms with Crippen LogP contribution in [-0.4, -0.2) is 36.1 Å². The number of hydrogen-bond donors (Lipinski definition) is 2. The van der Waals surface area contributed by atoms with Crippen molar-refractivity contribution in [3.05, 3.63) is 39.5 Å². The summed E-state index contributed by atoms with van der Waals surface area (Å²) in [6.45, 7) is 6.43. The van der Waals surface area contributed by atoms with Crippen molar-refractivity contribution in [1.82, 2.24) is 20.6 Å². The van der Waals surface area contributed by atoms with Crippen molar-refractivity contribution < 1.29 is 4.74 Å². The third-order valence-corrected chi connectivity index (χ3v) is 5.48. The van der Waals surface area contributed by atoms with Crippen molar-refractivity contribution in [3.8, 4) is 5.88 Å². The lowest BCUT2D eigenvalue weighted by Crippen LogP contribution is -2.37. The second kappa shape index (κ2) is 8.98. The van der Waals surface area contributed by atoms with Gasteiger partial charge < -0.3 is 15.4 Å². The van der Waals surface area contributed by atoms with Crippen LogP contribution in [0, 0.1) is 19.8 Å². The highest BCUT2D eigenvalue weighted by Gasteiger charge is 2.22. The van der Waals surface area contributed by atoms with Gasteiger partial charge in [0.05, 0.1) is 17.3 Å². The molecule has 1 aliphatic carbocycles. The van der Waals surface area contributed by atoms with E-state index in [1.807, 2.05) is 12.1 Å². The molecule has 1 aliphatic rings. The van der Waals surface area contributed by atoms with E-state index in [-0.39, 0.29) is 0 Å². The molecule has 0 radical (unpaired) electrons. The number of hydrogen-bond acceptors (Lipinski definition) is 5. The fourth-order valence-corrected chi connectivity index (χ4v) is 3.40. The monoisotopic (exact) mass is 373 g/mol. The van der Waals surface area contributed by atoms with E-state index in [1.165, 1.54) is 17.7 Å². The molecule has 6 nitrogen and oxygen atoms in total. The average molecular weight is 374 g/mol. The van der Waals surface area contributed by atoms with Crippen LogP contribution in [0.3, 0.4) is 0 Å². The molecule has 2 N–H and O–H groups in total. The van der Waals surface area contributed by atoms with E-state index in [2.05, 4.69) is 39.4 Å². The molecule has 7 heteroatoms. The van der Waals surface area contributed by atoms with Gasteiger partial charge in [0.2, 0.25) is 5.88 Å². The molecule has 26 heavy (non-hydrogen) atoms. The first kappa shape index (κ1) is 18.6. The molecule has 2 aromatic rings. The number of aryl methyl sites for hydroxylation is 2. The van der Waals surface area contributed by atoms with Crippen LogP contribution in [0.15, 0.2) is 23.3 Å². The molecule has 0 saturated heterocycles. The minimum atomic E-state index is 0.678. The Bertz CT molecular complexity index is 735. The van der Waals surface area contributed by atoms with Gasteiger partial charge in [0.25, 0.3) is 0 Å². The van der Waals surface area contributed by atoms with Crippen molar-refractivity contribution in [1.29, 1.82) is 0 Å². The number of nitrogens with zero attached hydrogens (tertiary/aromatic N) is 3. The van der Waals surface area contributed by atoms with Crippen LogP contribution < -0.4 is 15.4 Å². The molecule has 0 unspecified atom stereocenters. The van der Waals surface area contributed by atoms with E-state index in [4.69, 9.17) is 4.74 Å². The van der Waals surface area contributed by atoms with Gasteiger partial charge in [-0.2, -0.15) is 0 Å². The van der Waals surface area contributed by atoms with Crippen LogP contribution in [-0.2, 0) is 13.0 Å². The van der Waals surface area contributed by atoms with Gasteiger partial charge >= 0.3 is 0 Å². The molecule has 2 aromatic heterocycles. The second-order valence-corrected chi connectivity index (χ2v) is 7.90. The maximum Gasteiger partial charge on any atom is 0.213 e. The minimum Gasteiger partial charge on any atom is -0.477 e. The zero-order chi connectivity index (χ0) is 18.4. The summed E-state index contributed by atoms with van der Waals surface area (Å²) in [6.07, 6.45) is 5.25. The van der Waals surface area contributed by atoms with Gasteiger partial charge in [-0.1, -0.05) is 0 Å². The SMILES string of the molecule is CN=C(NCCc1nc(C)c(C)s1)NCc1ccnc(OCC2CC2)c1. The van der Waals surface area contributed by atoms with Crippen LogP contribution in [0.2, 0.25) is 0 Å². The molecule has 0 amide bonds. The Balaban J connectivity index is 1.42. The number of guanidine groups is 1. The number of rotatable bonds is 8. The van der Waals surface area contributed by atoms with Crippen LogP contribution in [0.25, 0.3) is 0 Å². The Morgan fingerprint density at radius 1 is 1.35 bits per heavy atom. The van der Waals surface area contributed by atoms with Crippen molar-refractivity contribution >= 4 is 17.3 Å². The quantitative estimate of drug-likeness (QED) is 0.550. The maximum absolute atomic E-state index is 5.74. The number of nitrogens with one attached hydrogen (secondary N) is 2. The molecular weight excluding hydrogens is 346 g/mol. The highest BCUT2D eigenvalue weighted by molar-refractivity contribution is 7.11. The first-order chi connectivity index (χ1) is 12.6. The van der Waals surface area contributed by atoms with Crippen LogP contribution in [0.1, 0.15) is 34.0 Å². The lowest BCUT2D eigenvalue weighted by atomic mass is 10.2. The predicted octanol–water partition coefficient (Wildman–Crippen LogP) is 2.85. The number of ether oxygens (including phenoxy) is 1. The van der Waals surface area contributed by atoms with Gasteiger partial charge in [-0.15, -0.1) is 11.3 Å². The van der Waals surface area contributed by atoms with Gasteiger partial charge in [0.15, 0.2) is 5.96 Å². The summed E-state index contributed by atoms with van der Waals surface area (Å²) in [5.74, 6) is 2.22. The standard InChI is InChI=1S/C19H27N5OS/c1-13-14(2)26-18(24-13)7-9-22-19(20-3)23-11-16-6-8-21-17(10-16)25-12-15-4-5-15/h6,8,10,15H,4-5,7,9,11-12H2,1-3H3,(H2,20,22,23). The lowest BCUT2D eigenvalue weighted by Gasteiger charge is -2.12. The largest absolute Gasteiger partial charge is 0.477 e. The molecule has 0 aromatic carbocycles. The van der Waals surface area contributed by atoms with E-state index in [0.29, 0.717) is 12.4 Å². The molecule has 2 heterocycles. The van der Waals surface area contributed by atoms with Crippen molar-refractivity contribution in [2.45, 2.75) is 39.7 Å². The fraction of sp³-hybridized carbons (Fsp3) is 0.526. The Morgan fingerprint density at radius 3 is 2.88 bits per heavy atom. The number of aromatic nitrogens is 2. The zero-order valence-electron chi connectivity index (χ0n) is 15.7. The Labute approximate surface area is 159 Å². The molecule has 0 bridgehead atoms. The molecule has 1 fully saturated rings. The topological polar surface area (TPSA) is 71.4 Å². The molecule has 0 spiro atoms. The molecule has 3 rings (SSSR count). The van der Waals surface area contributed by atoms with Crippen molar-refractivity contribution in [2.75, 3.05) is 20.2 Å². The Morgan fingerprint density at radius 2 is 2.19 bits per heavy atom. The van der Waals surface area contributed by atoms with Gasteiger partial charge in [-0.25, -0.2) is 9.97 Å². The highest BCUT2D eigenvalue weighted by atomic mass is 32.1. The molecule has 0 atom stereocenters. The Hall–Kier alpha value is -2.15. The van der Waals surface area contributed by atoms with Crippen molar-refractivity contribution in [2.24, 2.45) is 10.9 Å². The van der Waals surface area contributed by atoms with E-state index in [1.54, 1.807) is 24.6 Å². The lowest BCUT2D eigenvalue weighted by molar-refractivity contribution is 0.288. The van der Waals surface area contributed by atoms with Gasteiger partial charge in [-0.3, -0.25) is 4.99 Å². The number of aliphatic imine (C=N–C) groups is 1. The predicted molar refractivity (Wildman–Crippen MR) is 106 cm³/mol. The summed E-state index contributed by atoms with van der Waals surface area (Å²) in [6, 6.07) is 3.98. The number of pyridine rings is 1. The van der Waals surface area contributed by atoms with E-state index in [9.17, 15) is 0 Å². The number of thiazole rings is 1. The third kappa shape index (κ3) is 5.69. The minimum absolute atomic E-state index is 0.678. The van der Waals surface area contributed by atoms with Crippen molar-refractivity contribution in [3.63, 3.8) is 0 Å². The third-order valence-electron chi connectivity index (χ3n) is 4.35. The summed E-state index contributed by atoms with van der Waals surface area (Å²) in [5.41, 5.74) is 2.25. The highest BCUT2D eigenvalue weighted by Crippen LogP contribution is 2.29. The summed E-state index contributed by atoms with van der Waals surface area (Å²) < 4.78 is 5.74. The van der Waals surface area contributed by atoms with Crippen LogP contribution in [0.4, 0.5) is 0 Å². The fourth-order valence-electron chi connectivity index (χ4n) is 2.47. The molecular formula is C19H27N5OS. The first-order valence-corrected chi connectivity index (χ1v) is 9.91. The summed E-state index contributed by atoms with van der Waals surface area (Å²) in [5, 5.41) is 7.83. The molecule has 0 aliphatic heterocycles. The van der Waals surface area contributed by atoms with Gasteiger partial charge in [0.1, 0.15) is 0 Å². The van der Waals surface area contributed by atoms with Crippen LogP contribution >= 0.6 is 11.3 Å². The smallest absolute Gasteiger partial charge is 0.213 e. The van der Waals surface area contributed by atoms with E-state index in [0.717, 1.165) is 47.7 Å². The Kier molecular flexibility index (Phi) is 6.44.